The monoisotopic (exact) mass is 465 g/mol. The molecule has 1 aliphatic heterocycles. The third-order valence-electron chi connectivity index (χ3n) is 4.01. The SMILES string of the molecule is CCCC(C(=O)O)N1C(=O)/C(=C\c2ccc(-c3ccc(Br)cc3)o2)SC1=S. The van der Waals surface area contributed by atoms with Crippen molar-refractivity contribution in [3.63, 3.8) is 0 Å². The number of hydrogen-bond acceptors (Lipinski definition) is 5. The van der Waals surface area contributed by atoms with Crippen molar-refractivity contribution in [2.75, 3.05) is 0 Å². The van der Waals surface area contributed by atoms with Crippen LogP contribution in [0.25, 0.3) is 17.4 Å². The zero-order chi connectivity index (χ0) is 19.6. The fourth-order valence-corrected chi connectivity index (χ4v) is 4.32. The maximum absolute atomic E-state index is 12.7. The van der Waals surface area contributed by atoms with Crippen LogP contribution in [0, 0.1) is 0 Å². The van der Waals surface area contributed by atoms with E-state index in [-0.39, 0.29) is 4.32 Å². The molecule has 0 aliphatic carbocycles. The van der Waals surface area contributed by atoms with Crippen molar-refractivity contribution in [2.45, 2.75) is 25.8 Å². The molecule has 0 radical (unpaired) electrons. The van der Waals surface area contributed by atoms with Crippen LogP contribution in [-0.4, -0.2) is 32.2 Å². The number of benzene rings is 1. The van der Waals surface area contributed by atoms with Gasteiger partial charge < -0.3 is 9.52 Å². The van der Waals surface area contributed by atoms with Gasteiger partial charge in [-0.1, -0.05) is 65.4 Å². The molecule has 1 fully saturated rings. The number of carbonyl (C=O) groups is 2. The van der Waals surface area contributed by atoms with Crippen molar-refractivity contribution in [2.24, 2.45) is 0 Å². The number of amides is 1. The largest absolute Gasteiger partial charge is 0.480 e. The highest BCUT2D eigenvalue weighted by Gasteiger charge is 2.40. The molecule has 0 bridgehead atoms. The summed E-state index contributed by atoms with van der Waals surface area (Å²) in [5, 5.41) is 9.42. The average molecular weight is 466 g/mol. The van der Waals surface area contributed by atoms with Gasteiger partial charge >= 0.3 is 5.97 Å². The van der Waals surface area contributed by atoms with Crippen LogP contribution in [0.5, 0.6) is 0 Å². The first-order valence-electron chi connectivity index (χ1n) is 8.26. The predicted molar refractivity (Wildman–Crippen MR) is 113 cm³/mol. The van der Waals surface area contributed by atoms with Crippen LogP contribution < -0.4 is 0 Å². The highest BCUT2D eigenvalue weighted by molar-refractivity contribution is 9.10. The molecule has 27 heavy (non-hydrogen) atoms. The first-order valence-corrected chi connectivity index (χ1v) is 10.3. The lowest BCUT2D eigenvalue weighted by molar-refractivity contribution is -0.145. The Balaban J connectivity index is 1.84. The summed E-state index contributed by atoms with van der Waals surface area (Å²) >= 11 is 9.73. The molecule has 1 saturated heterocycles. The smallest absolute Gasteiger partial charge is 0.326 e. The number of furan rings is 1. The van der Waals surface area contributed by atoms with Crippen molar-refractivity contribution in [3.05, 3.63) is 51.5 Å². The minimum Gasteiger partial charge on any atom is -0.480 e. The van der Waals surface area contributed by atoms with E-state index < -0.39 is 17.9 Å². The molecular formula is C19H16BrNO4S2. The van der Waals surface area contributed by atoms with Gasteiger partial charge in [-0.25, -0.2) is 4.79 Å². The zero-order valence-electron chi connectivity index (χ0n) is 14.3. The minimum atomic E-state index is -1.05. The molecule has 0 saturated carbocycles. The van der Waals surface area contributed by atoms with Crippen molar-refractivity contribution in [3.8, 4) is 11.3 Å². The lowest BCUT2D eigenvalue weighted by Crippen LogP contribution is -2.43. The van der Waals surface area contributed by atoms with Crippen LogP contribution in [-0.2, 0) is 9.59 Å². The average Bonchev–Trinajstić information content (AvgIpc) is 3.19. The van der Waals surface area contributed by atoms with Gasteiger partial charge in [0.1, 0.15) is 21.9 Å². The van der Waals surface area contributed by atoms with Crippen molar-refractivity contribution < 1.29 is 19.1 Å². The van der Waals surface area contributed by atoms with Gasteiger partial charge in [0, 0.05) is 16.1 Å². The van der Waals surface area contributed by atoms with Crippen LogP contribution in [0.3, 0.4) is 0 Å². The number of rotatable bonds is 6. The maximum atomic E-state index is 12.7. The van der Waals surface area contributed by atoms with Gasteiger partial charge in [-0.3, -0.25) is 9.69 Å². The van der Waals surface area contributed by atoms with Gasteiger partial charge in [0.05, 0.1) is 4.91 Å². The molecule has 1 aliphatic rings. The Kier molecular flexibility index (Phi) is 6.18. The van der Waals surface area contributed by atoms with E-state index in [0.717, 1.165) is 21.8 Å². The van der Waals surface area contributed by atoms with Gasteiger partial charge in [0.2, 0.25) is 0 Å². The Morgan fingerprint density at radius 1 is 1.33 bits per heavy atom. The molecule has 1 aromatic carbocycles. The van der Waals surface area contributed by atoms with E-state index >= 15 is 0 Å². The van der Waals surface area contributed by atoms with E-state index in [0.29, 0.717) is 29.3 Å². The predicted octanol–water partition coefficient (Wildman–Crippen LogP) is 5.16. The van der Waals surface area contributed by atoms with Crippen molar-refractivity contribution in [1.82, 2.24) is 4.90 Å². The Morgan fingerprint density at radius 3 is 2.67 bits per heavy atom. The number of carboxylic acids is 1. The van der Waals surface area contributed by atoms with Crippen molar-refractivity contribution in [1.29, 1.82) is 0 Å². The summed E-state index contributed by atoms with van der Waals surface area (Å²) in [7, 11) is 0. The molecule has 1 atom stereocenters. The summed E-state index contributed by atoms with van der Waals surface area (Å²) in [6, 6.07) is 10.3. The number of halogens is 1. The quantitative estimate of drug-likeness (QED) is 0.468. The molecule has 3 rings (SSSR count). The number of carboxylic acid groups (broad SMARTS) is 1. The molecule has 1 unspecified atom stereocenters. The summed E-state index contributed by atoms with van der Waals surface area (Å²) in [5.41, 5.74) is 0.916. The molecule has 0 spiro atoms. The lowest BCUT2D eigenvalue weighted by Gasteiger charge is -2.22. The highest BCUT2D eigenvalue weighted by atomic mass is 79.9. The van der Waals surface area contributed by atoms with Crippen LogP contribution in [0.1, 0.15) is 25.5 Å². The van der Waals surface area contributed by atoms with Crippen LogP contribution >= 0.6 is 39.9 Å². The molecule has 1 N–H and O–H groups in total. The van der Waals surface area contributed by atoms with E-state index in [4.69, 9.17) is 16.6 Å². The second-order valence-electron chi connectivity index (χ2n) is 5.90. The number of nitrogens with zero attached hydrogens (tertiary/aromatic N) is 1. The van der Waals surface area contributed by atoms with Gasteiger partial charge in [0.15, 0.2) is 0 Å². The summed E-state index contributed by atoms with van der Waals surface area (Å²) in [6.07, 6.45) is 2.60. The first kappa shape index (κ1) is 19.9. The Hall–Kier alpha value is -1.90. The molecule has 1 aromatic heterocycles. The number of carbonyl (C=O) groups excluding carboxylic acids is 1. The molecule has 2 aromatic rings. The number of thioether (sulfide) groups is 1. The van der Waals surface area contributed by atoms with Crippen LogP contribution in [0.4, 0.5) is 0 Å². The molecule has 2 heterocycles. The Labute approximate surface area is 174 Å². The molecule has 140 valence electrons. The van der Waals surface area contributed by atoms with Gasteiger partial charge in [0.25, 0.3) is 5.91 Å². The van der Waals surface area contributed by atoms with Gasteiger partial charge in [-0.05, 0) is 30.7 Å². The Morgan fingerprint density at radius 2 is 2.04 bits per heavy atom. The fraction of sp³-hybridized carbons (Fsp3) is 0.211. The molecule has 8 heteroatoms. The summed E-state index contributed by atoms with van der Waals surface area (Å²) in [6.45, 7) is 1.87. The van der Waals surface area contributed by atoms with Crippen LogP contribution in [0.2, 0.25) is 0 Å². The molecule has 1 amide bonds. The van der Waals surface area contributed by atoms with E-state index in [1.165, 1.54) is 4.90 Å². The normalized spacial score (nSPS) is 17.0. The summed E-state index contributed by atoms with van der Waals surface area (Å²) < 4.78 is 7.04. The topological polar surface area (TPSA) is 70.8 Å². The third kappa shape index (κ3) is 4.34. The third-order valence-corrected chi connectivity index (χ3v) is 5.87. The second kappa shape index (κ2) is 8.41. The minimum absolute atomic E-state index is 0.256. The summed E-state index contributed by atoms with van der Waals surface area (Å²) in [5.74, 6) is -0.258. The van der Waals surface area contributed by atoms with E-state index in [9.17, 15) is 14.7 Å². The lowest BCUT2D eigenvalue weighted by atomic mass is 10.1. The van der Waals surface area contributed by atoms with E-state index in [1.54, 1.807) is 12.1 Å². The molecule has 5 nitrogen and oxygen atoms in total. The summed E-state index contributed by atoms with van der Waals surface area (Å²) in [4.78, 5) is 25.8. The number of thiocarbonyl (C=S) groups is 1. The number of hydrogen-bond donors (Lipinski definition) is 1. The van der Waals surface area contributed by atoms with E-state index in [2.05, 4.69) is 15.9 Å². The van der Waals surface area contributed by atoms with Gasteiger partial charge in [-0.15, -0.1) is 0 Å². The second-order valence-corrected chi connectivity index (χ2v) is 8.49. The fourth-order valence-electron chi connectivity index (χ4n) is 2.71. The van der Waals surface area contributed by atoms with Gasteiger partial charge in [-0.2, -0.15) is 0 Å². The standard InChI is InChI=1S/C19H16BrNO4S2/c1-2-3-14(18(23)24)21-17(22)16(27-19(21)26)10-13-8-9-15(25-13)11-4-6-12(20)7-5-11/h4-10,14H,2-3H2,1H3,(H,23,24)/b16-10+. The maximum Gasteiger partial charge on any atom is 0.326 e. The first-order chi connectivity index (χ1) is 12.9. The van der Waals surface area contributed by atoms with E-state index in [1.807, 2.05) is 37.3 Å². The molecular weight excluding hydrogens is 450 g/mol. The van der Waals surface area contributed by atoms with Crippen LogP contribution in [0.15, 0.2) is 50.2 Å². The zero-order valence-corrected chi connectivity index (χ0v) is 17.6. The number of aliphatic carboxylic acids is 1. The van der Waals surface area contributed by atoms with Crippen molar-refractivity contribution >= 4 is 62.2 Å². The highest BCUT2D eigenvalue weighted by Crippen LogP contribution is 2.35. The Bertz CT molecular complexity index is 920.